The summed E-state index contributed by atoms with van der Waals surface area (Å²) < 4.78 is 0. The van der Waals surface area contributed by atoms with E-state index in [0.29, 0.717) is 0 Å². The van der Waals surface area contributed by atoms with Crippen molar-refractivity contribution in [1.82, 2.24) is 0 Å². The third kappa shape index (κ3) is 2.01. The molecular formula is C9H6N4O2. The van der Waals surface area contributed by atoms with E-state index in [2.05, 4.69) is 0 Å². The molecule has 0 unspecified atom stereocenters. The molecule has 0 saturated heterocycles. The molecule has 0 aliphatic heterocycles. The van der Waals surface area contributed by atoms with Crippen LogP contribution in [0, 0.1) is 32.8 Å². The van der Waals surface area contributed by atoms with E-state index in [1.807, 2.05) is 0 Å². The molecule has 0 aliphatic rings. The Hall–Kier alpha value is -2.60. The van der Waals surface area contributed by atoms with Crippen LogP contribution in [0.15, 0.2) is 12.1 Å². The lowest BCUT2D eigenvalue weighted by Crippen LogP contribution is -1.99. The monoisotopic (exact) mass is 202 g/mol. The predicted octanol–water partition coefficient (Wildman–Crippen LogP) is 1.11. The molecular weight excluding hydrogens is 196 g/mol. The molecule has 0 saturated carbocycles. The fourth-order valence-corrected chi connectivity index (χ4v) is 1.14. The average molecular weight is 202 g/mol. The van der Waals surface area contributed by atoms with Crippen molar-refractivity contribution in [2.75, 3.05) is 5.73 Å². The third-order valence-electron chi connectivity index (χ3n) is 1.84. The van der Waals surface area contributed by atoms with Crippen molar-refractivity contribution in [3.63, 3.8) is 0 Å². The molecule has 0 bridgehead atoms. The van der Waals surface area contributed by atoms with Gasteiger partial charge in [0.05, 0.1) is 28.7 Å². The zero-order chi connectivity index (χ0) is 11.4. The smallest absolute Gasteiger partial charge is 0.275 e. The highest BCUT2D eigenvalue weighted by Crippen LogP contribution is 2.25. The number of hydrogen-bond donors (Lipinski definition) is 1. The number of nitro groups is 1. The highest BCUT2D eigenvalue weighted by atomic mass is 16.6. The fourth-order valence-electron chi connectivity index (χ4n) is 1.14. The van der Waals surface area contributed by atoms with Crippen LogP contribution in [-0.2, 0) is 6.42 Å². The van der Waals surface area contributed by atoms with Gasteiger partial charge in [-0.25, -0.2) is 0 Å². The summed E-state index contributed by atoms with van der Waals surface area (Å²) in [4.78, 5) is 9.99. The lowest BCUT2D eigenvalue weighted by molar-refractivity contribution is -0.385. The van der Waals surface area contributed by atoms with Gasteiger partial charge < -0.3 is 5.73 Å². The summed E-state index contributed by atoms with van der Waals surface area (Å²) in [5, 5.41) is 27.7. The minimum absolute atomic E-state index is 0.0471. The highest BCUT2D eigenvalue weighted by molar-refractivity contribution is 5.62. The van der Waals surface area contributed by atoms with Gasteiger partial charge in [-0.05, 0) is 6.07 Å². The SMILES string of the molecule is N#CCc1cc(C#N)c(N)cc1[N+](=O)[O-]. The second-order valence-electron chi connectivity index (χ2n) is 2.77. The van der Waals surface area contributed by atoms with E-state index in [9.17, 15) is 10.1 Å². The molecule has 0 aliphatic carbocycles. The molecule has 0 aromatic heterocycles. The molecule has 1 rings (SSSR count). The van der Waals surface area contributed by atoms with E-state index in [1.165, 1.54) is 6.07 Å². The Morgan fingerprint density at radius 1 is 1.47 bits per heavy atom. The first-order valence-corrected chi connectivity index (χ1v) is 3.94. The third-order valence-corrected chi connectivity index (χ3v) is 1.84. The minimum Gasteiger partial charge on any atom is -0.397 e. The number of hydrogen-bond acceptors (Lipinski definition) is 5. The van der Waals surface area contributed by atoms with E-state index in [0.717, 1.165) is 6.07 Å². The molecule has 2 N–H and O–H groups in total. The first-order valence-electron chi connectivity index (χ1n) is 3.94. The molecule has 6 heteroatoms. The Labute approximate surface area is 85.3 Å². The van der Waals surface area contributed by atoms with Crippen molar-refractivity contribution in [3.8, 4) is 12.1 Å². The predicted molar refractivity (Wildman–Crippen MR) is 51.5 cm³/mol. The van der Waals surface area contributed by atoms with E-state index in [-0.39, 0.29) is 28.9 Å². The van der Waals surface area contributed by atoms with Crippen LogP contribution < -0.4 is 5.73 Å². The molecule has 0 amide bonds. The average Bonchev–Trinajstić information content (AvgIpc) is 2.20. The van der Waals surface area contributed by atoms with Crippen LogP contribution in [0.25, 0.3) is 0 Å². The van der Waals surface area contributed by atoms with Crippen LogP contribution in [-0.4, -0.2) is 4.92 Å². The Kier molecular flexibility index (Phi) is 2.85. The Balaban J connectivity index is 3.41. The number of nitrogen functional groups attached to an aromatic ring is 1. The molecule has 0 heterocycles. The van der Waals surface area contributed by atoms with Gasteiger partial charge in [-0.15, -0.1) is 0 Å². The van der Waals surface area contributed by atoms with Crippen molar-refractivity contribution in [2.45, 2.75) is 6.42 Å². The fraction of sp³-hybridized carbons (Fsp3) is 0.111. The summed E-state index contributed by atoms with van der Waals surface area (Å²) >= 11 is 0. The minimum atomic E-state index is -0.621. The molecule has 74 valence electrons. The molecule has 0 spiro atoms. The second-order valence-corrected chi connectivity index (χ2v) is 2.77. The Bertz CT molecular complexity index is 496. The van der Waals surface area contributed by atoms with Gasteiger partial charge in [0.25, 0.3) is 5.69 Å². The number of nitrogens with zero attached hydrogens (tertiary/aromatic N) is 3. The van der Waals surface area contributed by atoms with Gasteiger partial charge in [-0.2, -0.15) is 10.5 Å². The van der Waals surface area contributed by atoms with E-state index >= 15 is 0 Å². The van der Waals surface area contributed by atoms with Gasteiger partial charge in [0.2, 0.25) is 0 Å². The van der Waals surface area contributed by atoms with E-state index < -0.39 is 4.92 Å². The van der Waals surface area contributed by atoms with Crippen molar-refractivity contribution < 1.29 is 4.92 Å². The van der Waals surface area contributed by atoms with E-state index in [4.69, 9.17) is 16.3 Å². The van der Waals surface area contributed by atoms with E-state index in [1.54, 1.807) is 12.1 Å². The maximum atomic E-state index is 10.6. The molecule has 0 atom stereocenters. The zero-order valence-corrected chi connectivity index (χ0v) is 7.60. The van der Waals surface area contributed by atoms with Crippen LogP contribution in [0.4, 0.5) is 11.4 Å². The van der Waals surface area contributed by atoms with Crippen LogP contribution in [0.3, 0.4) is 0 Å². The summed E-state index contributed by atoms with van der Waals surface area (Å²) in [5.74, 6) is 0. The molecule has 6 nitrogen and oxygen atoms in total. The summed E-state index contributed by atoms with van der Waals surface area (Å²) in [6, 6.07) is 5.98. The van der Waals surface area contributed by atoms with Gasteiger partial charge in [0.1, 0.15) is 6.07 Å². The maximum Gasteiger partial charge on any atom is 0.275 e. The van der Waals surface area contributed by atoms with Crippen molar-refractivity contribution in [2.24, 2.45) is 0 Å². The van der Waals surface area contributed by atoms with Crippen molar-refractivity contribution >= 4 is 11.4 Å². The number of nitro benzene ring substituents is 1. The largest absolute Gasteiger partial charge is 0.397 e. The number of nitrogens with two attached hydrogens (primary N) is 1. The molecule has 1 aromatic rings. The van der Waals surface area contributed by atoms with Crippen LogP contribution in [0.5, 0.6) is 0 Å². The summed E-state index contributed by atoms with van der Waals surface area (Å²) in [6.07, 6.45) is -0.120. The topological polar surface area (TPSA) is 117 Å². The number of benzene rings is 1. The molecule has 1 aromatic carbocycles. The number of anilines is 1. The second kappa shape index (κ2) is 4.07. The van der Waals surface area contributed by atoms with Crippen molar-refractivity contribution in [3.05, 3.63) is 33.4 Å². The Morgan fingerprint density at radius 2 is 2.13 bits per heavy atom. The van der Waals surface area contributed by atoms with Crippen molar-refractivity contribution in [1.29, 1.82) is 10.5 Å². The van der Waals surface area contributed by atoms with Gasteiger partial charge in [-0.3, -0.25) is 10.1 Å². The zero-order valence-electron chi connectivity index (χ0n) is 7.60. The number of rotatable bonds is 2. The van der Waals surface area contributed by atoms with Gasteiger partial charge in [-0.1, -0.05) is 0 Å². The summed E-state index contributed by atoms with van der Waals surface area (Å²) in [7, 11) is 0. The lowest BCUT2D eigenvalue weighted by Gasteiger charge is -2.01. The van der Waals surface area contributed by atoms with Crippen LogP contribution in [0.1, 0.15) is 11.1 Å². The number of nitriles is 2. The van der Waals surface area contributed by atoms with Crippen LogP contribution in [0.2, 0.25) is 0 Å². The molecule has 0 radical (unpaired) electrons. The summed E-state index contributed by atoms with van der Waals surface area (Å²) in [6.45, 7) is 0. The quantitative estimate of drug-likeness (QED) is 0.438. The maximum absolute atomic E-state index is 10.6. The first kappa shape index (κ1) is 10.5. The Morgan fingerprint density at radius 3 is 2.60 bits per heavy atom. The summed E-state index contributed by atoms with van der Waals surface area (Å²) in [5.41, 5.74) is 5.59. The van der Waals surface area contributed by atoms with Gasteiger partial charge in [0.15, 0.2) is 0 Å². The molecule has 15 heavy (non-hydrogen) atoms. The molecule has 0 fully saturated rings. The van der Waals surface area contributed by atoms with Gasteiger partial charge >= 0.3 is 0 Å². The standard InChI is InChI=1S/C9H6N4O2/c10-2-1-6-3-7(5-11)8(12)4-9(6)13(14)15/h3-4H,1,12H2. The lowest BCUT2D eigenvalue weighted by atomic mass is 10.1. The first-order chi connectivity index (χ1) is 7.10. The van der Waals surface area contributed by atoms with Crippen LogP contribution >= 0.6 is 0 Å². The van der Waals surface area contributed by atoms with Gasteiger partial charge in [0, 0.05) is 11.6 Å². The normalized spacial score (nSPS) is 8.93. The highest BCUT2D eigenvalue weighted by Gasteiger charge is 2.16.